The Morgan fingerprint density at radius 1 is 1.17 bits per heavy atom. The summed E-state index contributed by atoms with van der Waals surface area (Å²) in [6, 6.07) is 0.375. The van der Waals surface area contributed by atoms with Crippen molar-refractivity contribution in [2.45, 2.75) is 57.5 Å². The Bertz CT molecular complexity index is 117. The Morgan fingerprint density at radius 3 is 2.25 bits per heavy atom. The summed E-state index contributed by atoms with van der Waals surface area (Å²) >= 11 is 0. The number of hydrogen-bond acceptors (Lipinski definition) is 2. The summed E-state index contributed by atoms with van der Waals surface area (Å²) in [5.41, 5.74) is 11.7. The summed E-state index contributed by atoms with van der Waals surface area (Å²) < 4.78 is 0. The summed E-state index contributed by atoms with van der Waals surface area (Å²) in [6.07, 6.45) is 8.11. The lowest BCUT2D eigenvalue weighted by atomic mass is 9.84. The molecule has 0 unspecified atom stereocenters. The SMILES string of the molecule is C[C@H](N)[C@@H](N)CC1CCCCC1. The lowest BCUT2D eigenvalue weighted by molar-refractivity contribution is 0.306. The van der Waals surface area contributed by atoms with E-state index in [2.05, 4.69) is 0 Å². The first-order valence-corrected chi connectivity index (χ1v) is 5.21. The maximum absolute atomic E-state index is 5.92. The fourth-order valence-electron chi connectivity index (χ4n) is 2.02. The highest BCUT2D eigenvalue weighted by atomic mass is 14.8. The van der Waals surface area contributed by atoms with Crippen LogP contribution in [0.2, 0.25) is 0 Å². The molecule has 0 bridgehead atoms. The molecule has 1 rings (SSSR count). The van der Waals surface area contributed by atoms with Gasteiger partial charge in [0.2, 0.25) is 0 Å². The van der Waals surface area contributed by atoms with Crippen LogP contribution in [-0.4, -0.2) is 12.1 Å². The normalized spacial score (nSPS) is 25.2. The summed E-state index contributed by atoms with van der Waals surface area (Å²) in [5.74, 6) is 0.861. The van der Waals surface area contributed by atoms with Crippen molar-refractivity contribution in [3.05, 3.63) is 0 Å². The van der Waals surface area contributed by atoms with Crippen LogP contribution < -0.4 is 11.5 Å². The van der Waals surface area contributed by atoms with E-state index in [0.29, 0.717) is 0 Å². The number of rotatable bonds is 3. The van der Waals surface area contributed by atoms with Crippen molar-refractivity contribution in [1.82, 2.24) is 0 Å². The van der Waals surface area contributed by atoms with E-state index in [-0.39, 0.29) is 12.1 Å². The third-order valence-electron chi connectivity index (χ3n) is 3.01. The molecule has 2 heteroatoms. The second-order valence-corrected chi connectivity index (χ2v) is 4.26. The predicted octanol–water partition coefficient (Wildman–Crippen LogP) is 1.63. The number of nitrogens with two attached hydrogens (primary N) is 2. The first-order valence-electron chi connectivity index (χ1n) is 5.21. The second kappa shape index (κ2) is 4.83. The molecular weight excluding hydrogens is 148 g/mol. The van der Waals surface area contributed by atoms with Gasteiger partial charge < -0.3 is 11.5 Å². The average Bonchev–Trinajstić information content (AvgIpc) is 2.06. The highest BCUT2D eigenvalue weighted by molar-refractivity contribution is 4.77. The fourth-order valence-corrected chi connectivity index (χ4v) is 2.02. The zero-order valence-electron chi connectivity index (χ0n) is 8.13. The van der Waals surface area contributed by atoms with Gasteiger partial charge >= 0.3 is 0 Å². The lowest BCUT2D eigenvalue weighted by Gasteiger charge is -2.26. The van der Waals surface area contributed by atoms with Crippen molar-refractivity contribution in [2.24, 2.45) is 17.4 Å². The van der Waals surface area contributed by atoms with Crippen LogP contribution in [0.4, 0.5) is 0 Å². The third-order valence-corrected chi connectivity index (χ3v) is 3.01. The molecule has 72 valence electrons. The monoisotopic (exact) mass is 170 g/mol. The summed E-state index contributed by atoms with van der Waals surface area (Å²) in [4.78, 5) is 0. The van der Waals surface area contributed by atoms with Crippen LogP contribution in [0.5, 0.6) is 0 Å². The smallest absolute Gasteiger partial charge is 0.0192 e. The molecule has 0 aromatic carbocycles. The van der Waals surface area contributed by atoms with Crippen LogP contribution in [0.1, 0.15) is 45.4 Å². The lowest BCUT2D eigenvalue weighted by Crippen LogP contribution is -2.40. The van der Waals surface area contributed by atoms with E-state index in [1.807, 2.05) is 6.92 Å². The Hall–Kier alpha value is -0.0800. The quantitative estimate of drug-likeness (QED) is 0.676. The van der Waals surface area contributed by atoms with E-state index in [1.165, 1.54) is 32.1 Å². The van der Waals surface area contributed by atoms with E-state index in [9.17, 15) is 0 Å². The van der Waals surface area contributed by atoms with Crippen LogP contribution >= 0.6 is 0 Å². The van der Waals surface area contributed by atoms with Crippen LogP contribution in [0.15, 0.2) is 0 Å². The molecule has 2 nitrogen and oxygen atoms in total. The minimum absolute atomic E-state index is 0.159. The van der Waals surface area contributed by atoms with Crippen molar-refractivity contribution in [3.8, 4) is 0 Å². The average molecular weight is 170 g/mol. The first-order chi connectivity index (χ1) is 5.70. The van der Waals surface area contributed by atoms with E-state index in [4.69, 9.17) is 11.5 Å². The van der Waals surface area contributed by atoms with Gasteiger partial charge in [0.1, 0.15) is 0 Å². The molecule has 1 fully saturated rings. The van der Waals surface area contributed by atoms with Crippen molar-refractivity contribution < 1.29 is 0 Å². The molecule has 0 spiro atoms. The van der Waals surface area contributed by atoms with E-state index >= 15 is 0 Å². The van der Waals surface area contributed by atoms with Gasteiger partial charge in [0.15, 0.2) is 0 Å². The van der Waals surface area contributed by atoms with Crippen molar-refractivity contribution in [2.75, 3.05) is 0 Å². The zero-order chi connectivity index (χ0) is 8.97. The van der Waals surface area contributed by atoms with Crippen molar-refractivity contribution in [1.29, 1.82) is 0 Å². The van der Waals surface area contributed by atoms with Crippen LogP contribution in [-0.2, 0) is 0 Å². The molecule has 0 aliphatic heterocycles. The molecule has 12 heavy (non-hydrogen) atoms. The van der Waals surface area contributed by atoms with Gasteiger partial charge in [0.05, 0.1) is 0 Å². The highest BCUT2D eigenvalue weighted by Crippen LogP contribution is 2.27. The van der Waals surface area contributed by atoms with Gasteiger partial charge in [0, 0.05) is 12.1 Å². The molecule has 0 aromatic rings. The van der Waals surface area contributed by atoms with Gasteiger partial charge in [0.25, 0.3) is 0 Å². The summed E-state index contributed by atoms with van der Waals surface area (Å²) in [7, 11) is 0. The van der Waals surface area contributed by atoms with Crippen LogP contribution in [0.25, 0.3) is 0 Å². The molecule has 2 atom stereocenters. The van der Waals surface area contributed by atoms with Gasteiger partial charge in [-0.25, -0.2) is 0 Å². The Morgan fingerprint density at radius 2 is 1.75 bits per heavy atom. The fraction of sp³-hybridized carbons (Fsp3) is 1.00. The van der Waals surface area contributed by atoms with Crippen molar-refractivity contribution >= 4 is 0 Å². The third kappa shape index (κ3) is 3.11. The Balaban J connectivity index is 2.20. The molecule has 0 radical (unpaired) electrons. The standard InChI is InChI=1S/C10H22N2/c1-8(11)10(12)7-9-5-3-2-4-6-9/h8-10H,2-7,11-12H2,1H3/t8-,10-/m0/s1. The minimum atomic E-state index is 0.159. The molecule has 0 amide bonds. The Labute approximate surface area is 75.7 Å². The van der Waals surface area contributed by atoms with Crippen LogP contribution in [0.3, 0.4) is 0 Å². The van der Waals surface area contributed by atoms with E-state index < -0.39 is 0 Å². The van der Waals surface area contributed by atoms with Gasteiger partial charge in [-0.1, -0.05) is 32.1 Å². The maximum atomic E-state index is 5.92. The van der Waals surface area contributed by atoms with Gasteiger partial charge in [-0.05, 0) is 19.3 Å². The molecule has 1 aliphatic rings. The largest absolute Gasteiger partial charge is 0.327 e. The zero-order valence-corrected chi connectivity index (χ0v) is 8.13. The summed E-state index contributed by atoms with van der Waals surface area (Å²) in [5, 5.41) is 0. The molecule has 0 aromatic heterocycles. The van der Waals surface area contributed by atoms with Gasteiger partial charge in [-0.15, -0.1) is 0 Å². The minimum Gasteiger partial charge on any atom is -0.327 e. The summed E-state index contributed by atoms with van der Waals surface area (Å²) in [6.45, 7) is 2.01. The predicted molar refractivity (Wildman–Crippen MR) is 52.8 cm³/mol. The van der Waals surface area contributed by atoms with Crippen LogP contribution in [0, 0.1) is 5.92 Å². The highest BCUT2D eigenvalue weighted by Gasteiger charge is 2.18. The molecule has 4 N–H and O–H groups in total. The van der Waals surface area contributed by atoms with Crippen molar-refractivity contribution in [3.63, 3.8) is 0 Å². The molecule has 0 heterocycles. The van der Waals surface area contributed by atoms with Gasteiger partial charge in [-0.3, -0.25) is 0 Å². The first kappa shape index (κ1) is 10.0. The Kier molecular flexibility index (Phi) is 4.02. The second-order valence-electron chi connectivity index (χ2n) is 4.26. The molecule has 1 saturated carbocycles. The molecular formula is C10H22N2. The number of hydrogen-bond donors (Lipinski definition) is 2. The van der Waals surface area contributed by atoms with E-state index in [0.717, 1.165) is 12.3 Å². The molecule has 0 saturated heterocycles. The molecule has 1 aliphatic carbocycles. The van der Waals surface area contributed by atoms with Gasteiger partial charge in [-0.2, -0.15) is 0 Å². The van der Waals surface area contributed by atoms with E-state index in [1.54, 1.807) is 0 Å². The topological polar surface area (TPSA) is 52.0 Å². The maximum Gasteiger partial charge on any atom is 0.0192 e.